The second-order valence-electron chi connectivity index (χ2n) is 9.35. The fraction of sp³-hybridized carbons (Fsp3) is 0.542. The maximum absolute atomic E-state index is 14.2. The summed E-state index contributed by atoms with van der Waals surface area (Å²) in [5.41, 5.74) is 0.619. The zero-order valence-electron chi connectivity index (χ0n) is 18.7. The molecule has 2 N–H and O–H groups in total. The van der Waals surface area contributed by atoms with Crippen molar-refractivity contribution in [2.45, 2.75) is 48.8 Å². The van der Waals surface area contributed by atoms with Crippen molar-refractivity contribution in [3.05, 3.63) is 41.9 Å². The van der Waals surface area contributed by atoms with E-state index in [1.54, 1.807) is 35.2 Å². The van der Waals surface area contributed by atoms with Gasteiger partial charge in [-0.2, -0.15) is 0 Å². The normalized spacial score (nSPS) is 31.1. The molecule has 0 aliphatic carbocycles. The van der Waals surface area contributed by atoms with Crippen molar-refractivity contribution in [2.75, 3.05) is 18.1 Å². The number of anilines is 1. The number of carbonyl (C=O) groups excluding carboxylic acids is 2. The standard InChI is InChI=1S/C24H29ClN2O5S/c1-4-11-26(15-7-5-14(25)6-8-15)22(30)20-24-10-9-17(33-24)18(23(31)32)19(24)21(29)27(20)16(12-28)13(2)3/h4-8,13,16-20,28H,1,9-12H2,2-3H3,(H,31,32)/t16-,17+,18-,19-,20?,24?/m0/s1. The van der Waals surface area contributed by atoms with Gasteiger partial charge in [-0.3, -0.25) is 14.4 Å². The molecule has 0 radical (unpaired) electrons. The highest BCUT2D eigenvalue weighted by Gasteiger charge is 2.74. The zero-order chi connectivity index (χ0) is 24.1. The summed E-state index contributed by atoms with van der Waals surface area (Å²) in [6.07, 6.45) is 2.86. The quantitative estimate of drug-likeness (QED) is 0.541. The van der Waals surface area contributed by atoms with E-state index in [0.717, 1.165) is 0 Å². The number of carboxylic acids is 1. The van der Waals surface area contributed by atoms with Gasteiger partial charge < -0.3 is 20.0 Å². The van der Waals surface area contributed by atoms with E-state index >= 15 is 0 Å². The number of thioether (sulfide) groups is 1. The summed E-state index contributed by atoms with van der Waals surface area (Å²) in [5, 5.41) is 20.5. The summed E-state index contributed by atoms with van der Waals surface area (Å²) in [5.74, 6) is -3.34. The molecule has 1 aromatic rings. The summed E-state index contributed by atoms with van der Waals surface area (Å²) in [6, 6.07) is 5.41. The van der Waals surface area contributed by atoms with Gasteiger partial charge >= 0.3 is 5.97 Å². The van der Waals surface area contributed by atoms with E-state index in [9.17, 15) is 24.6 Å². The number of fused-ring (bicyclic) bond motifs is 1. The molecule has 7 nitrogen and oxygen atoms in total. The molecule has 6 atom stereocenters. The molecule has 0 saturated carbocycles. The Kier molecular flexibility index (Phi) is 6.55. The SMILES string of the molecule is C=CCN(C(=O)C1N([C@@H](CO)C(C)C)C(=O)[C@@H]2[C@@H](C(=O)O)[C@H]3CCC12S3)c1ccc(Cl)cc1. The number of hydrogen-bond donors (Lipinski definition) is 2. The van der Waals surface area contributed by atoms with E-state index in [4.69, 9.17) is 11.6 Å². The third-order valence-corrected chi connectivity index (χ3v) is 9.49. The summed E-state index contributed by atoms with van der Waals surface area (Å²) in [4.78, 5) is 43.3. The third-order valence-electron chi connectivity index (χ3n) is 7.29. The van der Waals surface area contributed by atoms with E-state index in [-0.39, 0.29) is 36.1 Å². The highest BCUT2D eigenvalue weighted by molar-refractivity contribution is 8.02. The molecule has 33 heavy (non-hydrogen) atoms. The Morgan fingerprint density at radius 3 is 2.58 bits per heavy atom. The lowest BCUT2D eigenvalue weighted by Crippen LogP contribution is -2.58. The van der Waals surface area contributed by atoms with Gasteiger partial charge in [0.1, 0.15) is 6.04 Å². The van der Waals surface area contributed by atoms with Crippen LogP contribution in [-0.2, 0) is 14.4 Å². The molecule has 1 aromatic carbocycles. The first-order chi connectivity index (χ1) is 15.7. The first-order valence-corrected chi connectivity index (χ1v) is 12.4. The minimum absolute atomic E-state index is 0.113. The first-order valence-electron chi connectivity index (χ1n) is 11.2. The molecule has 178 valence electrons. The molecule has 0 aromatic heterocycles. The van der Waals surface area contributed by atoms with Crippen LogP contribution in [0.4, 0.5) is 5.69 Å². The second kappa shape index (κ2) is 8.96. The maximum Gasteiger partial charge on any atom is 0.308 e. The average Bonchev–Trinajstić information content (AvgIpc) is 3.41. The monoisotopic (exact) mass is 492 g/mol. The molecule has 9 heteroatoms. The van der Waals surface area contributed by atoms with Crippen LogP contribution in [0.15, 0.2) is 36.9 Å². The van der Waals surface area contributed by atoms with E-state index in [0.29, 0.717) is 23.6 Å². The molecule has 3 saturated heterocycles. The van der Waals surface area contributed by atoms with E-state index in [1.807, 2.05) is 13.8 Å². The van der Waals surface area contributed by atoms with Crippen molar-refractivity contribution in [1.29, 1.82) is 0 Å². The molecule has 2 bridgehead atoms. The number of aliphatic hydroxyl groups is 1. The molecule has 3 aliphatic heterocycles. The molecule has 4 rings (SSSR count). The van der Waals surface area contributed by atoms with Crippen LogP contribution in [0.2, 0.25) is 5.02 Å². The Bertz CT molecular complexity index is 970. The predicted octanol–water partition coefficient (Wildman–Crippen LogP) is 3.05. The van der Waals surface area contributed by atoms with Crippen LogP contribution in [0.3, 0.4) is 0 Å². The number of amides is 2. The van der Waals surface area contributed by atoms with Crippen LogP contribution in [0.5, 0.6) is 0 Å². The Hall–Kier alpha value is -2.03. The van der Waals surface area contributed by atoms with Crippen molar-refractivity contribution >= 4 is 46.8 Å². The Labute approximate surface area is 202 Å². The minimum Gasteiger partial charge on any atom is -0.481 e. The number of aliphatic carboxylic acids is 1. The van der Waals surface area contributed by atoms with Crippen molar-refractivity contribution in [1.82, 2.24) is 4.90 Å². The molecule has 2 unspecified atom stereocenters. The van der Waals surface area contributed by atoms with Gasteiger partial charge in [-0.25, -0.2) is 0 Å². The average molecular weight is 493 g/mol. The van der Waals surface area contributed by atoms with Crippen LogP contribution >= 0.6 is 23.4 Å². The number of rotatable bonds is 8. The lowest BCUT2D eigenvalue weighted by Gasteiger charge is -2.40. The van der Waals surface area contributed by atoms with Gasteiger partial charge in [-0.1, -0.05) is 31.5 Å². The van der Waals surface area contributed by atoms with Crippen molar-refractivity contribution in [3.8, 4) is 0 Å². The number of likely N-dealkylation sites (tertiary alicyclic amines) is 1. The number of benzene rings is 1. The van der Waals surface area contributed by atoms with Gasteiger partial charge in [-0.15, -0.1) is 18.3 Å². The second-order valence-corrected chi connectivity index (χ2v) is 11.4. The van der Waals surface area contributed by atoms with Crippen LogP contribution < -0.4 is 4.90 Å². The molecule has 3 aliphatic rings. The summed E-state index contributed by atoms with van der Waals surface area (Å²) in [6.45, 7) is 7.49. The van der Waals surface area contributed by atoms with Crippen LogP contribution in [0.1, 0.15) is 26.7 Å². The largest absolute Gasteiger partial charge is 0.481 e. The third kappa shape index (κ3) is 3.67. The van der Waals surface area contributed by atoms with Crippen LogP contribution in [0.25, 0.3) is 0 Å². The topological polar surface area (TPSA) is 98.2 Å². The van der Waals surface area contributed by atoms with E-state index in [1.165, 1.54) is 16.7 Å². The number of halogens is 1. The molecule has 3 heterocycles. The zero-order valence-corrected chi connectivity index (χ0v) is 20.3. The van der Waals surface area contributed by atoms with Crippen molar-refractivity contribution < 1.29 is 24.6 Å². The Morgan fingerprint density at radius 1 is 1.36 bits per heavy atom. The van der Waals surface area contributed by atoms with Gasteiger partial charge in [0.05, 0.1) is 29.2 Å². The predicted molar refractivity (Wildman–Crippen MR) is 128 cm³/mol. The smallest absolute Gasteiger partial charge is 0.308 e. The number of carbonyl (C=O) groups is 3. The van der Waals surface area contributed by atoms with Crippen LogP contribution in [-0.4, -0.2) is 68.1 Å². The van der Waals surface area contributed by atoms with Gasteiger partial charge in [-0.05, 0) is 43.0 Å². The minimum atomic E-state index is -0.994. The molecule has 1 spiro atoms. The summed E-state index contributed by atoms with van der Waals surface area (Å²) >= 11 is 7.53. The van der Waals surface area contributed by atoms with E-state index < -0.39 is 34.6 Å². The van der Waals surface area contributed by atoms with Crippen LogP contribution in [0, 0.1) is 17.8 Å². The lowest BCUT2D eigenvalue weighted by atomic mass is 9.71. The Morgan fingerprint density at radius 2 is 2.03 bits per heavy atom. The van der Waals surface area contributed by atoms with Gasteiger partial charge in [0, 0.05) is 22.5 Å². The lowest BCUT2D eigenvalue weighted by molar-refractivity contribution is -0.149. The molecule has 3 fully saturated rings. The summed E-state index contributed by atoms with van der Waals surface area (Å²) < 4.78 is -0.823. The number of aliphatic hydroxyl groups excluding tert-OH is 1. The Balaban J connectivity index is 1.84. The van der Waals surface area contributed by atoms with Crippen molar-refractivity contribution in [3.63, 3.8) is 0 Å². The molecular formula is C24H29ClN2O5S. The fourth-order valence-electron chi connectivity index (χ4n) is 5.85. The highest BCUT2D eigenvalue weighted by atomic mass is 35.5. The first kappa shape index (κ1) is 24.1. The van der Waals surface area contributed by atoms with Gasteiger partial charge in [0.25, 0.3) is 5.91 Å². The van der Waals surface area contributed by atoms with Gasteiger partial charge in [0.15, 0.2) is 0 Å². The molecule has 2 amide bonds. The fourth-order valence-corrected chi connectivity index (χ4v) is 8.17. The van der Waals surface area contributed by atoms with E-state index in [2.05, 4.69) is 6.58 Å². The maximum atomic E-state index is 14.2. The summed E-state index contributed by atoms with van der Waals surface area (Å²) in [7, 11) is 0. The number of hydrogen-bond acceptors (Lipinski definition) is 5. The highest BCUT2D eigenvalue weighted by Crippen LogP contribution is 2.66. The number of nitrogens with zero attached hydrogens (tertiary/aromatic N) is 2. The number of carboxylic acid groups (broad SMARTS) is 1. The van der Waals surface area contributed by atoms with Crippen molar-refractivity contribution in [2.24, 2.45) is 17.8 Å². The van der Waals surface area contributed by atoms with Gasteiger partial charge in [0.2, 0.25) is 5.91 Å². The molecular weight excluding hydrogens is 464 g/mol.